The summed E-state index contributed by atoms with van der Waals surface area (Å²) in [5.41, 5.74) is -4.76. The van der Waals surface area contributed by atoms with Crippen molar-refractivity contribution in [1.82, 2.24) is 4.90 Å². The molecule has 0 fully saturated rings. The van der Waals surface area contributed by atoms with Crippen LogP contribution in [0.1, 0.15) is 37.5 Å². The third-order valence-electron chi connectivity index (χ3n) is 3.72. The quantitative estimate of drug-likeness (QED) is 0.391. The van der Waals surface area contributed by atoms with E-state index in [9.17, 15) is 40.7 Å². The Morgan fingerprint density at radius 3 is 1.77 bits per heavy atom. The highest BCUT2D eigenvalue weighted by atomic mass is 19.4. The lowest BCUT2D eigenvalue weighted by molar-refractivity contribution is -0.153. The normalized spacial score (nSPS) is 12.3. The number of carbonyl (C=O) groups excluding carboxylic acids is 2. The first kappa shape index (κ1) is 26.0. The van der Waals surface area contributed by atoms with Gasteiger partial charge in [0.25, 0.3) is 0 Å². The van der Waals surface area contributed by atoms with Crippen LogP contribution in [0.4, 0.5) is 31.1 Å². The predicted octanol–water partition coefficient (Wildman–Crippen LogP) is 4.09. The number of carbonyl (C=O) groups is 3. The standard InChI is InChI=1S/C18H19F6NO6/c1-16(2,3)25(8-13(26)27)15(29)31-9-30-14(28)6-10-4-11(17(19,20)21)7-12(5-10)18(22,23)24/h4-5,7H,6,8-9H2,1-3H3,(H,26,27). The van der Waals surface area contributed by atoms with Crippen LogP contribution in [0.3, 0.4) is 0 Å². The van der Waals surface area contributed by atoms with E-state index in [4.69, 9.17) is 5.11 Å². The minimum Gasteiger partial charge on any atom is -0.480 e. The summed E-state index contributed by atoms with van der Waals surface area (Å²) in [7, 11) is 0. The molecule has 1 aromatic rings. The number of ether oxygens (including phenoxy) is 2. The summed E-state index contributed by atoms with van der Waals surface area (Å²) in [6, 6.07) is 0.660. The van der Waals surface area contributed by atoms with Crippen molar-refractivity contribution in [2.45, 2.75) is 45.1 Å². The van der Waals surface area contributed by atoms with Gasteiger partial charge in [-0.25, -0.2) is 4.79 Å². The first-order chi connectivity index (χ1) is 13.9. The van der Waals surface area contributed by atoms with E-state index in [1.54, 1.807) is 0 Å². The molecule has 1 amide bonds. The van der Waals surface area contributed by atoms with Gasteiger partial charge in [-0.05, 0) is 44.5 Å². The van der Waals surface area contributed by atoms with Crippen molar-refractivity contribution in [3.8, 4) is 0 Å². The van der Waals surface area contributed by atoms with Gasteiger partial charge in [-0.1, -0.05) is 0 Å². The number of benzene rings is 1. The largest absolute Gasteiger partial charge is 0.480 e. The first-order valence-corrected chi connectivity index (χ1v) is 8.51. The summed E-state index contributed by atoms with van der Waals surface area (Å²) >= 11 is 0. The van der Waals surface area contributed by atoms with Gasteiger partial charge < -0.3 is 14.6 Å². The lowest BCUT2D eigenvalue weighted by Gasteiger charge is -2.33. The van der Waals surface area contributed by atoms with E-state index in [0.717, 1.165) is 4.90 Å². The SMILES string of the molecule is CC(C)(C)N(CC(=O)O)C(=O)OCOC(=O)Cc1cc(C(F)(F)F)cc(C(F)(F)F)c1. The van der Waals surface area contributed by atoms with Gasteiger partial charge in [0.05, 0.1) is 17.5 Å². The Morgan fingerprint density at radius 1 is 0.903 bits per heavy atom. The number of alkyl halides is 6. The second kappa shape index (κ2) is 9.43. The maximum Gasteiger partial charge on any atom is 0.416 e. The van der Waals surface area contributed by atoms with Crippen molar-refractivity contribution < 1.29 is 55.3 Å². The van der Waals surface area contributed by atoms with Crippen LogP contribution in [0.2, 0.25) is 0 Å². The highest BCUT2D eigenvalue weighted by Gasteiger charge is 2.37. The number of rotatable bonds is 6. The molecular formula is C18H19F6NO6. The molecule has 1 aromatic carbocycles. The lowest BCUT2D eigenvalue weighted by atomic mass is 10.0. The van der Waals surface area contributed by atoms with Crippen molar-refractivity contribution in [2.75, 3.05) is 13.3 Å². The van der Waals surface area contributed by atoms with E-state index in [-0.39, 0.29) is 6.07 Å². The van der Waals surface area contributed by atoms with E-state index < -0.39 is 72.4 Å². The molecule has 0 aromatic heterocycles. The molecule has 0 atom stereocenters. The number of hydrogen-bond donors (Lipinski definition) is 1. The van der Waals surface area contributed by atoms with Gasteiger partial charge in [0.15, 0.2) is 0 Å². The number of amides is 1. The molecule has 0 aliphatic rings. The van der Waals surface area contributed by atoms with Crippen molar-refractivity contribution in [3.63, 3.8) is 0 Å². The van der Waals surface area contributed by atoms with Gasteiger partial charge in [0, 0.05) is 5.54 Å². The molecule has 0 heterocycles. The van der Waals surface area contributed by atoms with Gasteiger partial charge in [-0.2, -0.15) is 26.3 Å². The highest BCUT2D eigenvalue weighted by molar-refractivity contribution is 5.77. The number of halogens is 6. The van der Waals surface area contributed by atoms with Crippen LogP contribution in [0.5, 0.6) is 0 Å². The second-order valence-corrected chi connectivity index (χ2v) is 7.29. The molecule has 0 aliphatic heterocycles. The molecular weight excluding hydrogens is 440 g/mol. The maximum absolute atomic E-state index is 12.8. The fraction of sp³-hybridized carbons (Fsp3) is 0.500. The minimum atomic E-state index is -5.07. The molecule has 0 spiro atoms. The molecule has 0 unspecified atom stereocenters. The van der Waals surface area contributed by atoms with Gasteiger partial charge in [0.2, 0.25) is 6.79 Å². The monoisotopic (exact) mass is 459 g/mol. The number of hydrogen-bond acceptors (Lipinski definition) is 5. The number of carboxylic acids is 1. The molecule has 0 saturated carbocycles. The molecule has 0 bridgehead atoms. The molecule has 0 radical (unpaired) electrons. The Bertz CT molecular complexity index is 796. The third-order valence-corrected chi connectivity index (χ3v) is 3.72. The molecule has 1 rings (SSSR count). The van der Waals surface area contributed by atoms with Gasteiger partial charge >= 0.3 is 30.4 Å². The zero-order chi connectivity index (χ0) is 24.2. The molecule has 1 N–H and O–H groups in total. The zero-order valence-electron chi connectivity index (χ0n) is 16.6. The topological polar surface area (TPSA) is 93.1 Å². The molecule has 13 heteroatoms. The summed E-state index contributed by atoms with van der Waals surface area (Å²) in [5, 5.41) is 8.84. The van der Waals surface area contributed by atoms with E-state index >= 15 is 0 Å². The fourth-order valence-electron chi connectivity index (χ4n) is 2.27. The Hall–Kier alpha value is -2.99. The average molecular weight is 459 g/mol. The zero-order valence-corrected chi connectivity index (χ0v) is 16.6. The first-order valence-electron chi connectivity index (χ1n) is 8.51. The molecule has 0 aliphatic carbocycles. The number of nitrogens with zero attached hydrogens (tertiary/aromatic N) is 1. The van der Waals surface area contributed by atoms with Crippen LogP contribution in [-0.2, 0) is 37.8 Å². The third kappa shape index (κ3) is 8.34. The van der Waals surface area contributed by atoms with Crippen LogP contribution in [0.15, 0.2) is 18.2 Å². The number of carboxylic acid groups (broad SMARTS) is 1. The van der Waals surface area contributed by atoms with Gasteiger partial charge in [-0.3, -0.25) is 14.5 Å². The van der Waals surface area contributed by atoms with Crippen LogP contribution in [0, 0.1) is 0 Å². The van der Waals surface area contributed by atoms with E-state index in [2.05, 4.69) is 9.47 Å². The van der Waals surface area contributed by atoms with Crippen LogP contribution >= 0.6 is 0 Å². The molecule has 31 heavy (non-hydrogen) atoms. The summed E-state index contributed by atoms with van der Waals surface area (Å²) in [6.45, 7) is 2.79. The van der Waals surface area contributed by atoms with Crippen LogP contribution < -0.4 is 0 Å². The number of aliphatic carboxylic acids is 1. The van der Waals surface area contributed by atoms with E-state index in [1.165, 1.54) is 20.8 Å². The molecule has 174 valence electrons. The summed E-state index contributed by atoms with van der Waals surface area (Å²) in [6.07, 6.45) is -12.3. The second-order valence-electron chi connectivity index (χ2n) is 7.29. The van der Waals surface area contributed by atoms with Gasteiger partial charge in [0.1, 0.15) is 6.54 Å². The summed E-state index contributed by atoms with van der Waals surface area (Å²) in [4.78, 5) is 35.4. The van der Waals surface area contributed by atoms with E-state index in [0.29, 0.717) is 12.1 Å². The molecule has 7 nitrogen and oxygen atoms in total. The maximum atomic E-state index is 12.8. The van der Waals surface area contributed by atoms with Crippen LogP contribution in [-0.4, -0.2) is 46.9 Å². The Balaban J connectivity index is 2.83. The fourth-order valence-corrected chi connectivity index (χ4v) is 2.27. The van der Waals surface area contributed by atoms with Crippen molar-refractivity contribution in [3.05, 3.63) is 34.9 Å². The van der Waals surface area contributed by atoms with Crippen molar-refractivity contribution >= 4 is 18.0 Å². The van der Waals surface area contributed by atoms with E-state index in [1.807, 2.05) is 0 Å². The number of esters is 1. The Kier molecular flexibility index (Phi) is 7.93. The minimum absolute atomic E-state index is 0.0832. The summed E-state index contributed by atoms with van der Waals surface area (Å²) in [5.74, 6) is -2.60. The molecule has 0 saturated heterocycles. The Morgan fingerprint density at radius 2 is 1.39 bits per heavy atom. The van der Waals surface area contributed by atoms with Crippen molar-refractivity contribution in [1.29, 1.82) is 0 Å². The highest BCUT2D eigenvalue weighted by Crippen LogP contribution is 2.36. The lowest BCUT2D eigenvalue weighted by Crippen LogP contribution is -2.48. The smallest absolute Gasteiger partial charge is 0.416 e. The predicted molar refractivity (Wildman–Crippen MR) is 91.7 cm³/mol. The van der Waals surface area contributed by atoms with Crippen molar-refractivity contribution in [2.24, 2.45) is 0 Å². The Labute approximate surface area is 172 Å². The van der Waals surface area contributed by atoms with Crippen LogP contribution in [0.25, 0.3) is 0 Å². The average Bonchev–Trinajstić information content (AvgIpc) is 2.56. The summed E-state index contributed by atoms with van der Waals surface area (Å²) < 4.78 is 86.2. The van der Waals surface area contributed by atoms with Gasteiger partial charge in [-0.15, -0.1) is 0 Å².